The third-order valence-corrected chi connectivity index (χ3v) is 3.65. The lowest BCUT2D eigenvalue weighted by Crippen LogP contribution is -2.08. The fraction of sp³-hybridized carbons (Fsp3) is 0.154. The lowest BCUT2D eigenvalue weighted by molar-refractivity contribution is 0.875. The summed E-state index contributed by atoms with van der Waals surface area (Å²) in [5.41, 5.74) is 0.916. The lowest BCUT2D eigenvalue weighted by Gasteiger charge is -2.17. The van der Waals surface area contributed by atoms with Crippen LogP contribution in [0.5, 0.6) is 0 Å². The second kappa shape index (κ2) is 6.19. The van der Waals surface area contributed by atoms with Gasteiger partial charge in [-0.2, -0.15) is 0 Å². The van der Waals surface area contributed by atoms with Crippen molar-refractivity contribution in [3.63, 3.8) is 0 Å². The van der Waals surface area contributed by atoms with Crippen LogP contribution >= 0.6 is 46.4 Å². The average molecular weight is 336 g/mol. The van der Waals surface area contributed by atoms with Crippen molar-refractivity contribution in [2.45, 2.75) is 13.0 Å². The molecular weight excluding hydrogens is 326 g/mol. The Morgan fingerprint density at radius 2 is 1.68 bits per heavy atom. The van der Waals surface area contributed by atoms with Crippen molar-refractivity contribution < 1.29 is 0 Å². The monoisotopic (exact) mass is 334 g/mol. The number of nitrogens with zero attached hydrogens (tertiary/aromatic N) is 1. The molecule has 19 heavy (non-hydrogen) atoms. The van der Waals surface area contributed by atoms with E-state index in [0.29, 0.717) is 25.9 Å². The molecule has 0 saturated heterocycles. The summed E-state index contributed by atoms with van der Waals surface area (Å²) in [5.74, 6) is 0.560. The topological polar surface area (TPSA) is 24.9 Å². The van der Waals surface area contributed by atoms with Crippen molar-refractivity contribution in [1.82, 2.24) is 4.98 Å². The predicted molar refractivity (Wildman–Crippen MR) is 82.8 cm³/mol. The molecular formula is C13H10Cl4N2. The van der Waals surface area contributed by atoms with Gasteiger partial charge in [0, 0.05) is 16.2 Å². The molecule has 1 N–H and O–H groups in total. The van der Waals surface area contributed by atoms with E-state index in [1.807, 2.05) is 13.0 Å². The molecule has 1 aromatic heterocycles. The highest BCUT2D eigenvalue weighted by molar-refractivity contribution is 6.36. The van der Waals surface area contributed by atoms with E-state index in [9.17, 15) is 0 Å². The van der Waals surface area contributed by atoms with Gasteiger partial charge in [0.05, 0.1) is 16.1 Å². The van der Waals surface area contributed by atoms with Gasteiger partial charge in [-0.1, -0.05) is 52.5 Å². The number of aromatic nitrogens is 1. The van der Waals surface area contributed by atoms with Crippen molar-refractivity contribution >= 4 is 52.2 Å². The zero-order chi connectivity index (χ0) is 14.0. The molecule has 1 aromatic carbocycles. The van der Waals surface area contributed by atoms with E-state index < -0.39 is 0 Å². The molecule has 1 heterocycles. The zero-order valence-electron chi connectivity index (χ0n) is 9.92. The maximum Gasteiger partial charge on any atom is 0.145 e. The average Bonchev–Trinajstić information content (AvgIpc) is 2.32. The number of benzene rings is 1. The molecule has 0 spiro atoms. The quantitative estimate of drug-likeness (QED) is 0.758. The summed E-state index contributed by atoms with van der Waals surface area (Å²) < 4.78 is 0. The van der Waals surface area contributed by atoms with Gasteiger partial charge in [-0.05, 0) is 30.7 Å². The van der Waals surface area contributed by atoms with Gasteiger partial charge < -0.3 is 5.32 Å². The smallest absolute Gasteiger partial charge is 0.145 e. The van der Waals surface area contributed by atoms with Crippen LogP contribution in [0.3, 0.4) is 0 Å². The minimum atomic E-state index is -0.0593. The van der Waals surface area contributed by atoms with Gasteiger partial charge in [-0.25, -0.2) is 4.98 Å². The van der Waals surface area contributed by atoms with Gasteiger partial charge in [-0.15, -0.1) is 0 Å². The van der Waals surface area contributed by atoms with E-state index in [1.54, 1.807) is 18.2 Å². The molecule has 1 atom stereocenters. The Morgan fingerprint density at radius 3 is 2.32 bits per heavy atom. The highest BCUT2D eigenvalue weighted by Crippen LogP contribution is 2.30. The Balaban J connectivity index is 2.23. The number of anilines is 1. The van der Waals surface area contributed by atoms with Gasteiger partial charge in [0.25, 0.3) is 0 Å². The molecule has 2 rings (SSSR count). The molecule has 0 radical (unpaired) electrons. The van der Waals surface area contributed by atoms with Crippen LogP contribution in [-0.2, 0) is 0 Å². The van der Waals surface area contributed by atoms with Crippen LogP contribution in [0.1, 0.15) is 18.5 Å². The largest absolute Gasteiger partial charge is 0.362 e. The van der Waals surface area contributed by atoms with Crippen LogP contribution < -0.4 is 5.32 Å². The molecule has 0 saturated carbocycles. The van der Waals surface area contributed by atoms with E-state index in [0.717, 1.165) is 5.56 Å². The Bertz CT molecular complexity index is 601. The molecule has 0 bridgehead atoms. The predicted octanol–water partition coefficient (Wildman–Crippen LogP) is 5.87. The van der Waals surface area contributed by atoms with Crippen molar-refractivity contribution in [3.8, 4) is 0 Å². The van der Waals surface area contributed by atoms with Crippen molar-refractivity contribution in [2.24, 2.45) is 0 Å². The second-order valence-electron chi connectivity index (χ2n) is 4.02. The fourth-order valence-corrected chi connectivity index (χ4v) is 2.66. The second-order valence-corrected chi connectivity index (χ2v) is 5.70. The van der Waals surface area contributed by atoms with E-state index in [-0.39, 0.29) is 6.04 Å². The highest BCUT2D eigenvalue weighted by atomic mass is 35.5. The number of nitrogens with one attached hydrogen (secondary N) is 1. The first-order valence-corrected chi connectivity index (χ1v) is 7.01. The lowest BCUT2D eigenvalue weighted by atomic mass is 10.1. The van der Waals surface area contributed by atoms with E-state index in [2.05, 4.69) is 10.3 Å². The molecule has 0 fully saturated rings. The molecule has 0 aliphatic heterocycles. The Kier molecular flexibility index (Phi) is 4.80. The van der Waals surface area contributed by atoms with Crippen LogP contribution in [0.15, 0.2) is 30.5 Å². The summed E-state index contributed by atoms with van der Waals surface area (Å²) in [7, 11) is 0. The Hall–Kier alpha value is -0.670. The summed E-state index contributed by atoms with van der Waals surface area (Å²) in [6.07, 6.45) is 1.53. The fourth-order valence-electron chi connectivity index (χ4n) is 1.66. The van der Waals surface area contributed by atoms with Gasteiger partial charge in [0.2, 0.25) is 0 Å². The van der Waals surface area contributed by atoms with Crippen LogP contribution in [-0.4, -0.2) is 4.98 Å². The molecule has 0 aliphatic rings. The summed E-state index contributed by atoms with van der Waals surface area (Å²) in [5, 5.41) is 5.34. The minimum absolute atomic E-state index is 0.0593. The maximum atomic E-state index is 6.16. The number of pyridine rings is 1. The summed E-state index contributed by atoms with van der Waals surface area (Å²) >= 11 is 23.9. The van der Waals surface area contributed by atoms with Gasteiger partial charge in [-0.3, -0.25) is 0 Å². The van der Waals surface area contributed by atoms with E-state index in [1.165, 1.54) is 6.20 Å². The Morgan fingerprint density at radius 1 is 1.00 bits per heavy atom. The highest BCUT2D eigenvalue weighted by Gasteiger charge is 2.12. The summed E-state index contributed by atoms with van der Waals surface area (Å²) in [6.45, 7) is 1.96. The number of hydrogen-bond acceptors (Lipinski definition) is 2. The molecule has 2 aromatic rings. The summed E-state index contributed by atoms with van der Waals surface area (Å²) in [4.78, 5) is 4.15. The van der Waals surface area contributed by atoms with Gasteiger partial charge in [0.1, 0.15) is 5.82 Å². The minimum Gasteiger partial charge on any atom is -0.362 e. The normalized spacial score (nSPS) is 12.3. The van der Waals surface area contributed by atoms with Crippen molar-refractivity contribution in [1.29, 1.82) is 0 Å². The summed E-state index contributed by atoms with van der Waals surface area (Å²) in [6, 6.07) is 6.93. The molecule has 0 amide bonds. The zero-order valence-corrected chi connectivity index (χ0v) is 12.9. The van der Waals surface area contributed by atoms with E-state index in [4.69, 9.17) is 46.4 Å². The van der Waals surface area contributed by atoms with Crippen LogP contribution in [0.2, 0.25) is 20.1 Å². The molecule has 1 unspecified atom stereocenters. The molecule has 2 nitrogen and oxygen atoms in total. The van der Waals surface area contributed by atoms with Crippen molar-refractivity contribution in [3.05, 3.63) is 56.1 Å². The van der Waals surface area contributed by atoms with E-state index >= 15 is 0 Å². The number of halogens is 4. The standard InChI is InChI=1S/C13H10Cl4N2/c1-7(10-3-2-8(14)4-11(10)16)19-13-12(17)5-9(15)6-18-13/h2-7H,1H3,(H,18,19). The maximum absolute atomic E-state index is 6.16. The molecule has 100 valence electrons. The number of rotatable bonds is 3. The Labute approximate surface area is 131 Å². The van der Waals surface area contributed by atoms with Crippen molar-refractivity contribution in [2.75, 3.05) is 5.32 Å². The molecule has 6 heteroatoms. The first kappa shape index (κ1) is 14.7. The first-order valence-electron chi connectivity index (χ1n) is 5.50. The van der Waals surface area contributed by atoms with Crippen LogP contribution in [0.25, 0.3) is 0 Å². The first-order chi connectivity index (χ1) is 8.97. The third-order valence-electron chi connectivity index (χ3n) is 2.59. The van der Waals surface area contributed by atoms with Crippen LogP contribution in [0, 0.1) is 0 Å². The van der Waals surface area contributed by atoms with Crippen LogP contribution in [0.4, 0.5) is 5.82 Å². The van der Waals surface area contributed by atoms with Gasteiger partial charge in [0.15, 0.2) is 0 Å². The van der Waals surface area contributed by atoms with Gasteiger partial charge >= 0.3 is 0 Å². The molecule has 0 aliphatic carbocycles. The SMILES string of the molecule is CC(Nc1ncc(Cl)cc1Cl)c1ccc(Cl)cc1Cl. The third kappa shape index (κ3) is 3.67. The number of hydrogen-bond donors (Lipinski definition) is 1.